The predicted molar refractivity (Wildman–Crippen MR) is 88.5 cm³/mol. The van der Waals surface area contributed by atoms with E-state index < -0.39 is 0 Å². The fourth-order valence-corrected chi connectivity index (χ4v) is 3.49. The van der Waals surface area contributed by atoms with Crippen molar-refractivity contribution in [1.82, 2.24) is 14.9 Å². The Balaban J connectivity index is 1.61. The lowest BCUT2D eigenvalue weighted by molar-refractivity contribution is -0.119. The van der Waals surface area contributed by atoms with Gasteiger partial charge in [-0.1, -0.05) is 49.0 Å². The average Bonchev–Trinajstić information content (AvgIpc) is 3.10. The lowest BCUT2D eigenvalue weighted by atomic mass is 10.0. The van der Waals surface area contributed by atoms with Gasteiger partial charge in [0.05, 0.1) is 11.8 Å². The van der Waals surface area contributed by atoms with Crippen molar-refractivity contribution in [1.29, 1.82) is 0 Å². The van der Waals surface area contributed by atoms with Gasteiger partial charge in [0.1, 0.15) is 0 Å². The average molecular weight is 315 g/mol. The van der Waals surface area contributed by atoms with Gasteiger partial charge < -0.3 is 9.88 Å². The van der Waals surface area contributed by atoms with E-state index in [1.165, 1.54) is 23.7 Å². The minimum atomic E-state index is 0.0703. The number of benzene rings is 1. The number of aryl methyl sites for hydroxylation is 1. The molecule has 1 aromatic heterocycles. The number of carbonyl (C=O) groups excluding carboxylic acids is 1. The van der Waals surface area contributed by atoms with Gasteiger partial charge in [-0.3, -0.25) is 4.79 Å². The van der Waals surface area contributed by atoms with Crippen LogP contribution in [0.15, 0.2) is 47.9 Å². The zero-order valence-corrected chi connectivity index (χ0v) is 13.7. The topological polar surface area (TPSA) is 46.9 Å². The molecule has 1 aliphatic rings. The van der Waals surface area contributed by atoms with Gasteiger partial charge in [-0.05, 0) is 23.8 Å². The number of amides is 1. The van der Waals surface area contributed by atoms with E-state index in [9.17, 15) is 4.79 Å². The van der Waals surface area contributed by atoms with Crippen LogP contribution in [0.25, 0.3) is 0 Å². The van der Waals surface area contributed by atoms with Crippen LogP contribution in [0.5, 0.6) is 0 Å². The molecule has 1 N–H and O–H groups in total. The molecule has 1 aromatic carbocycles. The summed E-state index contributed by atoms with van der Waals surface area (Å²) >= 11 is 1.47. The van der Waals surface area contributed by atoms with Crippen LogP contribution < -0.4 is 5.32 Å². The van der Waals surface area contributed by atoms with E-state index in [4.69, 9.17) is 0 Å². The molecule has 5 heteroatoms. The third kappa shape index (κ3) is 3.53. The van der Waals surface area contributed by atoms with Crippen LogP contribution in [0.1, 0.15) is 24.9 Å². The number of hydrogen-bond acceptors (Lipinski definition) is 3. The molecule has 0 bridgehead atoms. The van der Waals surface area contributed by atoms with E-state index >= 15 is 0 Å². The van der Waals surface area contributed by atoms with Crippen molar-refractivity contribution in [3.8, 4) is 0 Å². The van der Waals surface area contributed by atoms with Gasteiger partial charge in [0.15, 0.2) is 5.16 Å². The van der Waals surface area contributed by atoms with Crippen molar-refractivity contribution in [2.24, 2.45) is 18.9 Å². The van der Waals surface area contributed by atoms with Gasteiger partial charge in [-0.15, -0.1) is 0 Å². The SMILES string of the molecule is C[C@@H]1C[C@@H]1[C@H](NC(=O)CSc1nccn1C)c1ccccc1. The standard InChI is InChI=1S/C17H21N3OS/c1-12-10-14(12)16(13-6-4-3-5-7-13)19-15(21)11-22-17-18-8-9-20(17)2/h3-9,12,14,16H,10-11H2,1-2H3,(H,19,21)/t12-,14+,16-/m1/s1. The maximum absolute atomic E-state index is 12.3. The first-order valence-corrected chi connectivity index (χ1v) is 8.58. The predicted octanol–water partition coefficient (Wildman–Crippen LogP) is 3.03. The molecule has 0 aliphatic heterocycles. The Morgan fingerprint density at radius 3 is 2.77 bits per heavy atom. The van der Waals surface area contributed by atoms with Crippen LogP contribution in [0.3, 0.4) is 0 Å². The van der Waals surface area contributed by atoms with Crippen LogP contribution in [-0.4, -0.2) is 21.2 Å². The number of aromatic nitrogens is 2. The first kappa shape index (κ1) is 15.2. The maximum atomic E-state index is 12.3. The van der Waals surface area contributed by atoms with Gasteiger partial charge in [0, 0.05) is 19.4 Å². The van der Waals surface area contributed by atoms with Crippen LogP contribution in [0.4, 0.5) is 0 Å². The molecule has 2 aromatic rings. The van der Waals surface area contributed by atoms with E-state index in [2.05, 4.69) is 29.4 Å². The molecule has 22 heavy (non-hydrogen) atoms. The summed E-state index contributed by atoms with van der Waals surface area (Å²) in [5, 5.41) is 4.08. The minimum absolute atomic E-state index is 0.0703. The van der Waals surface area contributed by atoms with Gasteiger partial charge in [0.2, 0.25) is 5.91 Å². The van der Waals surface area contributed by atoms with Crippen LogP contribution in [0, 0.1) is 11.8 Å². The molecule has 0 unspecified atom stereocenters. The molecule has 1 aliphatic carbocycles. The van der Waals surface area contributed by atoms with Gasteiger partial charge in [-0.2, -0.15) is 0 Å². The molecular weight excluding hydrogens is 294 g/mol. The Bertz CT molecular complexity index is 640. The van der Waals surface area contributed by atoms with Crippen molar-refractivity contribution >= 4 is 17.7 Å². The van der Waals surface area contributed by atoms with E-state index in [1.807, 2.05) is 36.0 Å². The molecule has 0 saturated heterocycles. The van der Waals surface area contributed by atoms with Gasteiger partial charge in [-0.25, -0.2) is 4.98 Å². The first-order chi connectivity index (χ1) is 10.6. The lowest BCUT2D eigenvalue weighted by Crippen LogP contribution is -2.31. The Morgan fingerprint density at radius 2 is 2.18 bits per heavy atom. The summed E-state index contributed by atoms with van der Waals surface area (Å²) in [6, 6.07) is 10.4. The zero-order chi connectivity index (χ0) is 15.5. The Labute approximate surface area is 135 Å². The Kier molecular flexibility index (Phi) is 4.52. The third-order valence-electron chi connectivity index (χ3n) is 4.18. The summed E-state index contributed by atoms with van der Waals surface area (Å²) in [5.41, 5.74) is 1.20. The van der Waals surface area contributed by atoms with E-state index in [1.54, 1.807) is 6.20 Å². The highest BCUT2D eigenvalue weighted by Crippen LogP contribution is 2.46. The molecule has 1 fully saturated rings. The normalized spacial score (nSPS) is 21.4. The summed E-state index contributed by atoms with van der Waals surface area (Å²) in [7, 11) is 1.94. The second-order valence-corrected chi connectivity index (χ2v) is 6.88. The second kappa shape index (κ2) is 6.57. The maximum Gasteiger partial charge on any atom is 0.230 e. The molecule has 116 valence electrons. The molecule has 3 atom stereocenters. The van der Waals surface area contributed by atoms with Crippen LogP contribution in [0.2, 0.25) is 0 Å². The van der Waals surface area contributed by atoms with Gasteiger partial charge in [0.25, 0.3) is 0 Å². The summed E-state index contributed by atoms with van der Waals surface area (Å²) in [5.74, 6) is 1.72. The van der Waals surface area contributed by atoms with Crippen LogP contribution in [-0.2, 0) is 11.8 Å². The largest absolute Gasteiger partial charge is 0.348 e. The van der Waals surface area contributed by atoms with Crippen molar-refractivity contribution in [2.75, 3.05) is 5.75 Å². The van der Waals surface area contributed by atoms with E-state index in [-0.39, 0.29) is 11.9 Å². The number of thioether (sulfide) groups is 1. The van der Waals surface area contributed by atoms with E-state index in [0.717, 1.165) is 5.16 Å². The Hall–Kier alpha value is -1.75. The van der Waals surface area contributed by atoms with E-state index in [0.29, 0.717) is 17.6 Å². The molecule has 1 amide bonds. The summed E-state index contributed by atoms with van der Waals surface area (Å²) in [4.78, 5) is 16.5. The molecule has 0 radical (unpaired) electrons. The number of rotatable bonds is 6. The zero-order valence-electron chi connectivity index (χ0n) is 12.9. The van der Waals surface area contributed by atoms with Crippen molar-refractivity contribution < 1.29 is 4.79 Å². The van der Waals surface area contributed by atoms with Crippen molar-refractivity contribution in [3.05, 3.63) is 48.3 Å². The highest BCUT2D eigenvalue weighted by molar-refractivity contribution is 7.99. The smallest absolute Gasteiger partial charge is 0.230 e. The molecule has 1 heterocycles. The molecule has 3 rings (SSSR count). The molecule has 4 nitrogen and oxygen atoms in total. The summed E-state index contributed by atoms with van der Waals surface area (Å²) in [6.07, 6.45) is 4.82. The van der Waals surface area contributed by atoms with Crippen molar-refractivity contribution in [3.63, 3.8) is 0 Å². The summed E-state index contributed by atoms with van der Waals surface area (Å²) < 4.78 is 1.93. The fraction of sp³-hybridized carbons (Fsp3) is 0.412. The summed E-state index contributed by atoms with van der Waals surface area (Å²) in [6.45, 7) is 2.25. The number of hydrogen-bond donors (Lipinski definition) is 1. The highest BCUT2D eigenvalue weighted by atomic mass is 32.2. The quantitative estimate of drug-likeness (QED) is 0.834. The third-order valence-corrected chi connectivity index (χ3v) is 5.24. The first-order valence-electron chi connectivity index (χ1n) is 7.59. The highest BCUT2D eigenvalue weighted by Gasteiger charge is 2.40. The Morgan fingerprint density at radius 1 is 1.45 bits per heavy atom. The number of imidazole rings is 1. The van der Waals surface area contributed by atoms with Gasteiger partial charge >= 0.3 is 0 Å². The lowest BCUT2D eigenvalue weighted by Gasteiger charge is -2.19. The minimum Gasteiger partial charge on any atom is -0.348 e. The molecule has 0 spiro atoms. The number of nitrogens with zero attached hydrogens (tertiary/aromatic N) is 2. The number of carbonyl (C=O) groups is 1. The fourth-order valence-electron chi connectivity index (χ4n) is 2.75. The molecular formula is C17H21N3OS. The number of nitrogens with one attached hydrogen (secondary N) is 1. The second-order valence-electron chi connectivity index (χ2n) is 5.94. The van der Waals surface area contributed by atoms with Crippen molar-refractivity contribution in [2.45, 2.75) is 24.5 Å². The molecule has 1 saturated carbocycles. The monoisotopic (exact) mass is 315 g/mol. The van der Waals surface area contributed by atoms with Crippen LogP contribution >= 0.6 is 11.8 Å².